The Balaban J connectivity index is 4.11. The molecule has 66 valence electrons. The van der Waals surface area contributed by atoms with Crippen molar-refractivity contribution in [3.8, 4) is 0 Å². The summed E-state index contributed by atoms with van der Waals surface area (Å²) in [5.74, 6) is -2.05. The number of alkyl halides is 3. The van der Waals surface area contributed by atoms with Gasteiger partial charge in [0.2, 0.25) is 0 Å². The van der Waals surface area contributed by atoms with E-state index in [1.54, 1.807) is 13.4 Å². The molecule has 0 aromatic carbocycles. The van der Waals surface area contributed by atoms with Crippen molar-refractivity contribution in [1.82, 2.24) is 0 Å². The molecule has 0 aromatic rings. The van der Waals surface area contributed by atoms with E-state index in [1.807, 2.05) is 0 Å². The van der Waals surface area contributed by atoms with Crippen LogP contribution in [0, 0.1) is 0 Å². The summed E-state index contributed by atoms with van der Waals surface area (Å²) in [4.78, 5) is 10.2. The van der Waals surface area contributed by atoms with Crippen molar-refractivity contribution >= 4 is 27.6 Å². The van der Waals surface area contributed by atoms with Gasteiger partial charge in [-0.25, -0.2) is 0 Å². The molecule has 0 bridgehead atoms. The predicted molar refractivity (Wildman–Crippen MR) is 35.5 cm³/mol. The zero-order valence-electron chi connectivity index (χ0n) is 6.45. The van der Waals surface area contributed by atoms with Crippen LogP contribution in [-0.2, 0) is 7.48 Å². The van der Waals surface area contributed by atoms with E-state index in [0.717, 1.165) is 0 Å². The van der Waals surface area contributed by atoms with Crippen molar-refractivity contribution < 1.29 is 20.7 Å². The number of halogens is 3. The Morgan fingerprint density at radius 3 is 1.73 bits per heavy atom. The molecule has 0 amide bonds. The van der Waals surface area contributed by atoms with Crippen molar-refractivity contribution in [3.05, 3.63) is 0 Å². The molecule has 0 aliphatic carbocycles. The molecule has 0 spiro atoms. The maximum absolute atomic E-state index is 11.5. The molecule has 0 rings (SSSR count). The number of carbonyl (C=O) groups excluding carboxylic acids is 1. The molecule has 0 fully saturated rings. The molecular formula is C5H9F3O2Pb. The first-order valence-corrected chi connectivity index (χ1v) is 16.2. The summed E-state index contributed by atoms with van der Waals surface area (Å²) in [5, 5.41) is 0. The topological polar surface area (TPSA) is 26.3 Å². The van der Waals surface area contributed by atoms with Crippen LogP contribution < -0.4 is 0 Å². The van der Waals surface area contributed by atoms with Crippen LogP contribution >= 0.6 is 0 Å². The van der Waals surface area contributed by atoms with Gasteiger partial charge in [0, 0.05) is 0 Å². The third-order valence-electron chi connectivity index (χ3n) is 0.630. The molecule has 0 heterocycles. The molecule has 0 atom stereocenters. The van der Waals surface area contributed by atoms with Gasteiger partial charge in [-0.15, -0.1) is 0 Å². The molecule has 0 radical (unpaired) electrons. The van der Waals surface area contributed by atoms with E-state index in [4.69, 9.17) is 0 Å². The molecular weight excluding hydrogens is 356 g/mol. The Bertz CT molecular complexity index is 158. The Morgan fingerprint density at radius 1 is 1.27 bits per heavy atom. The fraction of sp³-hybridized carbons (Fsp3) is 0.800. The molecule has 0 N–H and O–H groups in total. The normalized spacial score (nSPS) is 12.9. The number of rotatable bonds is 1. The molecule has 0 unspecified atom stereocenters. The molecule has 0 saturated carbocycles. The Kier molecular flexibility index (Phi) is 3.33. The number of carbonyl (C=O) groups is 1. The van der Waals surface area contributed by atoms with E-state index in [-0.39, 0.29) is 0 Å². The van der Waals surface area contributed by atoms with Crippen LogP contribution in [0.5, 0.6) is 0 Å². The molecule has 6 heteroatoms. The van der Waals surface area contributed by atoms with Crippen LogP contribution in [0.15, 0.2) is 0 Å². The van der Waals surface area contributed by atoms with Gasteiger partial charge in [-0.2, -0.15) is 0 Å². The van der Waals surface area contributed by atoms with Gasteiger partial charge in [-0.1, -0.05) is 0 Å². The summed E-state index contributed by atoms with van der Waals surface area (Å²) in [6.45, 7) is 0. The van der Waals surface area contributed by atoms with Gasteiger partial charge < -0.3 is 0 Å². The number of hydrogen-bond acceptors (Lipinski definition) is 2. The van der Waals surface area contributed by atoms with Crippen LogP contribution in [0.4, 0.5) is 13.2 Å². The van der Waals surface area contributed by atoms with Crippen molar-refractivity contribution in [1.29, 1.82) is 0 Å². The molecule has 0 aliphatic rings. The second-order valence-corrected chi connectivity index (χ2v) is 20.2. The van der Waals surface area contributed by atoms with Crippen molar-refractivity contribution in [3.63, 3.8) is 0 Å². The quantitative estimate of drug-likeness (QED) is 0.664. The van der Waals surface area contributed by atoms with Crippen molar-refractivity contribution in [2.45, 2.75) is 19.6 Å². The SMILES string of the molecule is [CH3][Pb]([CH3])([CH3])[O]C(=O)C(F)(F)F. The first-order valence-electron chi connectivity index (χ1n) is 2.93. The van der Waals surface area contributed by atoms with Crippen LogP contribution in [-0.4, -0.2) is 33.8 Å². The molecule has 11 heavy (non-hydrogen) atoms. The summed E-state index contributed by atoms with van der Waals surface area (Å²) < 4.78 is 43.7. The van der Waals surface area contributed by atoms with Gasteiger partial charge in [-0.05, 0) is 0 Å². The first-order chi connectivity index (χ1) is 4.63. The summed E-state index contributed by atoms with van der Waals surface area (Å²) in [7, 11) is 0. The Labute approximate surface area is 68.0 Å². The van der Waals surface area contributed by atoms with Gasteiger partial charge in [0.1, 0.15) is 0 Å². The minimum atomic E-state index is -4.84. The predicted octanol–water partition coefficient (Wildman–Crippen LogP) is 1.93. The second-order valence-electron chi connectivity index (χ2n) is 3.00. The number of hydrogen-bond donors (Lipinski definition) is 0. The van der Waals surface area contributed by atoms with Gasteiger partial charge >= 0.3 is 67.9 Å². The van der Waals surface area contributed by atoms with Gasteiger partial charge in [-0.3, -0.25) is 0 Å². The van der Waals surface area contributed by atoms with Gasteiger partial charge in [0.15, 0.2) is 0 Å². The van der Waals surface area contributed by atoms with E-state index in [0.29, 0.717) is 0 Å². The van der Waals surface area contributed by atoms with E-state index in [9.17, 15) is 18.0 Å². The maximum atomic E-state index is 11.5. The fourth-order valence-corrected chi connectivity index (χ4v) is 2.95. The minimum absolute atomic E-state index is 1.59. The third kappa shape index (κ3) is 5.45. The average Bonchev–Trinajstić information content (AvgIpc) is 1.56. The molecule has 0 saturated heterocycles. The van der Waals surface area contributed by atoms with Crippen molar-refractivity contribution in [2.24, 2.45) is 0 Å². The zero-order valence-corrected chi connectivity index (χ0v) is 10.3. The monoisotopic (exact) mass is 366 g/mol. The second kappa shape index (κ2) is 3.28. The fourth-order valence-electron chi connectivity index (χ4n) is 0.336. The zero-order chi connectivity index (χ0) is 9.28. The Hall–Kier alpha value is 0.182. The van der Waals surface area contributed by atoms with E-state index in [1.165, 1.54) is 0 Å². The average molecular weight is 365 g/mol. The Morgan fingerprint density at radius 2 is 1.64 bits per heavy atom. The van der Waals surface area contributed by atoms with Crippen LogP contribution in [0.1, 0.15) is 0 Å². The van der Waals surface area contributed by atoms with Crippen LogP contribution in [0.3, 0.4) is 0 Å². The van der Waals surface area contributed by atoms with Gasteiger partial charge in [0.25, 0.3) is 0 Å². The first kappa shape index (κ1) is 11.2. The summed E-state index contributed by atoms with van der Waals surface area (Å²) >= 11 is -3.18. The molecule has 0 aromatic heterocycles. The molecule has 0 aliphatic heterocycles. The van der Waals surface area contributed by atoms with Crippen molar-refractivity contribution in [2.75, 3.05) is 0 Å². The summed E-state index contributed by atoms with van der Waals surface area (Å²) in [6.07, 6.45) is -4.84. The van der Waals surface area contributed by atoms with E-state index in [2.05, 4.69) is 2.69 Å². The standard InChI is InChI=1S/C2HF3O2.3CH3.Pb/c3-2(4,5)1(6)7;;;;/h(H,6,7);3*1H3;/q;;;;+1/p-1. The molecule has 2 nitrogen and oxygen atoms in total. The summed E-state index contributed by atoms with van der Waals surface area (Å²) in [6, 6.07) is 0. The third-order valence-corrected chi connectivity index (χ3v) is 3.73. The van der Waals surface area contributed by atoms with Gasteiger partial charge in [0.05, 0.1) is 0 Å². The van der Waals surface area contributed by atoms with Crippen LogP contribution in [0.25, 0.3) is 0 Å². The van der Waals surface area contributed by atoms with Crippen LogP contribution in [0.2, 0.25) is 13.4 Å². The van der Waals surface area contributed by atoms with E-state index >= 15 is 0 Å². The van der Waals surface area contributed by atoms with E-state index < -0.39 is 33.8 Å². The summed E-state index contributed by atoms with van der Waals surface area (Å²) in [5.41, 5.74) is 0.